The van der Waals surface area contributed by atoms with E-state index < -0.39 is 0 Å². The molecule has 0 aromatic rings. The Morgan fingerprint density at radius 3 is 2.85 bits per heavy atom. The molecule has 1 heterocycles. The smallest absolute Gasteiger partial charge is 0.220 e. The van der Waals surface area contributed by atoms with Gasteiger partial charge in [-0.1, -0.05) is 0 Å². The van der Waals surface area contributed by atoms with Crippen molar-refractivity contribution in [2.24, 2.45) is 0 Å². The third-order valence-corrected chi connectivity index (χ3v) is 2.12. The molecule has 3 heteroatoms. The van der Waals surface area contributed by atoms with Crippen molar-refractivity contribution in [2.45, 2.75) is 31.7 Å². The molecule has 1 amide bonds. The van der Waals surface area contributed by atoms with Gasteiger partial charge in [-0.3, -0.25) is 4.79 Å². The number of carbonyl (C=O) groups excluding carboxylic acids is 1. The topological polar surface area (TPSA) is 41.1 Å². The monoisotopic (exact) mass is 180 g/mol. The minimum Gasteiger partial charge on any atom is -0.351 e. The summed E-state index contributed by atoms with van der Waals surface area (Å²) in [5.74, 6) is 2.72. The van der Waals surface area contributed by atoms with Crippen molar-refractivity contribution < 1.29 is 4.79 Å². The van der Waals surface area contributed by atoms with Crippen LogP contribution in [0.4, 0.5) is 0 Å². The molecular formula is C10H16N2O. The molecule has 0 aliphatic carbocycles. The van der Waals surface area contributed by atoms with Gasteiger partial charge in [0, 0.05) is 25.9 Å². The van der Waals surface area contributed by atoms with Crippen molar-refractivity contribution in [1.29, 1.82) is 0 Å². The highest BCUT2D eigenvalue weighted by molar-refractivity contribution is 5.76. The highest BCUT2D eigenvalue weighted by Crippen LogP contribution is 1.99. The van der Waals surface area contributed by atoms with Crippen LogP contribution in [0.3, 0.4) is 0 Å². The van der Waals surface area contributed by atoms with Crippen LogP contribution in [-0.2, 0) is 4.79 Å². The summed E-state index contributed by atoms with van der Waals surface area (Å²) in [7, 11) is 0. The molecule has 3 nitrogen and oxygen atoms in total. The molecule has 0 unspecified atom stereocenters. The summed E-state index contributed by atoms with van der Waals surface area (Å²) in [5.41, 5.74) is 0. The summed E-state index contributed by atoms with van der Waals surface area (Å²) < 4.78 is 0. The molecule has 13 heavy (non-hydrogen) atoms. The Morgan fingerprint density at radius 2 is 2.31 bits per heavy atom. The highest BCUT2D eigenvalue weighted by atomic mass is 16.1. The van der Waals surface area contributed by atoms with E-state index in [-0.39, 0.29) is 5.91 Å². The number of nitrogens with one attached hydrogen (secondary N) is 2. The standard InChI is InChI=1S/C10H16N2O/c1-2-3-4-5-6-10(13)12-9-7-11-8-9/h1,9,11H,3-8H2,(H,12,13). The van der Waals surface area contributed by atoms with E-state index in [1.54, 1.807) is 0 Å². The van der Waals surface area contributed by atoms with Gasteiger partial charge in [0.15, 0.2) is 0 Å². The zero-order chi connectivity index (χ0) is 9.52. The zero-order valence-corrected chi connectivity index (χ0v) is 7.81. The van der Waals surface area contributed by atoms with Crippen LogP contribution in [-0.4, -0.2) is 25.0 Å². The van der Waals surface area contributed by atoms with Gasteiger partial charge in [0.25, 0.3) is 0 Å². The predicted molar refractivity (Wildman–Crippen MR) is 52.1 cm³/mol. The molecule has 0 atom stereocenters. The van der Waals surface area contributed by atoms with Crippen LogP contribution in [0.5, 0.6) is 0 Å². The summed E-state index contributed by atoms with van der Waals surface area (Å²) in [6, 6.07) is 0.361. The maximum absolute atomic E-state index is 11.2. The molecule has 0 spiro atoms. The van der Waals surface area contributed by atoms with Crippen LogP contribution >= 0.6 is 0 Å². The number of hydrogen-bond acceptors (Lipinski definition) is 2. The van der Waals surface area contributed by atoms with Gasteiger partial charge >= 0.3 is 0 Å². The summed E-state index contributed by atoms with van der Waals surface area (Å²) >= 11 is 0. The van der Waals surface area contributed by atoms with Gasteiger partial charge in [0.05, 0.1) is 6.04 Å². The van der Waals surface area contributed by atoms with E-state index in [0.29, 0.717) is 12.5 Å². The lowest BCUT2D eigenvalue weighted by Crippen LogP contribution is -2.56. The number of terminal acetylenes is 1. The Labute approximate surface area is 79.3 Å². The van der Waals surface area contributed by atoms with E-state index >= 15 is 0 Å². The Bertz CT molecular complexity index is 203. The molecule has 1 fully saturated rings. The van der Waals surface area contributed by atoms with Gasteiger partial charge in [0.2, 0.25) is 5.91 Å². The second-order valence-electron chi connectivity index (χ2n) is 3.33. The number of rotatable bonds is 5. The molecule has 1 aliphatic heterocycles. The van der Waals surface area contributed by atoms with Gasteiger partial charge < -0.3 is 10.6 Å². The Balaban J connectivity index is 1.94. The molecule has 0 aromatic heterocycles. The minimum absolute atomic E-state index is 0.156. The SMILES string of the molecule is C#CCCCCC(=O)NC1CNC1. The molecule has 0 aromatic carbocycles. The first-order valence-electron chi connectivity index (χ1n) is 4.76. The average Bonchev–Trinajstić information content (AvgIpc) is 2.06. The average molecular weight is 180 g/mol. The predicted octanol–water partition coefficient (Wildman–Crippen LogP) is 0.268. The van der Waals surface area contributed by atoms with Gasteiger partial charge in [-0.25, -0.2) is 0 Å². The third kappa shape index (κ3) is 3.95. The second-order valence-corrected chi connectivity index (χ2v) is 3.33. The van der Waals surface area contributed by atoms with Crippen LogP contribution in [0, 0.1) is 12.3 Å². The number of hydrogen-bond donors (Lipinski definition) is 2. The van der Waals surface area contributed by atoms with Crippen molar-refractivity contribution in [2.75, 3.05) is 13.1 Å². The van der Waals surface area contributed by atoms with Gasteiger partial charge in [0.1, 0.15) is 0 Å². The van der Waals surface area contributed by atoms with Crippen LogP contribution in [0.25, 0.3) is 0 Å². The van der Waals surface area contributed by atoms with E-state index in [1.165, 1.54) is 0 Å². The van der Waals surface area contributed by atoms with Gasteiger partial charge in [-0.2, -0.15) is 0 Å². The molecule has 0 radical (unpaired) electrons. The van der Waals surface area contributed by atoms with Crippen molar-refractivity contribution in [1.82, 2.24) is 10.6 Å². The van der Waals surface area contributed by atoms with Crippen molar-refractivity contribution in [3.63, 3.8) is 0 Å². The molecule has 2 N–H and O–H groups in total. The first-order valence-corrected chi connectivity index (χ1v) is 4.76. The summed E-state index contributed by atoms with van der Waals surface area (Å²) in [6.07, 6.45) is 8.33. The van der Waals surface area contributed by atoms with Crippen molar-refractivity contribution in [3.8, 4) is 12.3 Å². The normalized spacial score (nSPS) is 15.9. The quantitative estimate of drug-likeness (QED) is 0.471. The fourth-order valence-electron chi connectivity index (χ4n) is 1.20. The first kappa shape index (κ1) is 10.1. The van der Waals surface area contributed by atoms with Crippen LogP contribution < -0.4 is 10.6 Å². The summed E-state index contributed by atoms with van der Waals surface area (Å²) in [4.78, 5) is 11.2. The van der Waals surface area contributed by atoms with Crippen LogP contribution in [0.1, 0.15) is 25.7 Å². The Kier molecular flexibility index (Phi) is 4.34. The largest absolute Gasteiger partial charge is 0.351 e. The van der Waals surface area contributed by atoms with E-state index in [0.717, 1.165) is 32.4 Å². The molecule has 1 rings (SSSR count). The van der Waals surface area contributed by atoms with Crippen LogP contribution in [0.2, 0.25) is 0 Å². The van der Waals surface area contributed by atoms with E-state index in [9.17, 15) is 4.79 Å². The molecule has 0 bridgehead atoms. The van der Waals surface area contributed by atoms with Crippen molar-refractivity contribution >= 4 is 5.91 Å². The maximum Gasteiger partial charge on any atom is 0.220 e. The Morgan fingerprint density at radius 1 is 1.54 bits per heavy atom. The lowest BCUT2D eigenvalue weighted by Gasteiger charge is -2.27. The molecule has 1 aliphatic rings. The number of unbranched alkanes of at least 4 members (excludes halogenated alkanes) is 2. The maximum atomic E-state index is 11.2. The lowest BCUT2D eigenvalue weighted by molar-refractivity contribution is -0.122. The molecule has 72 valence electrons. The summed E-state index contributed by atoms with van der Waals surface area (Å²) in [6.45, 7) is 1.83. The fourth-order valence-corrected chi connectivity index (χ4v) is 1.20. The van der Waals surface area contributed by atoms with E-state index in [1.807, 2.05) is 0 Å². The van der Waals surface area contributed by atoms with Crippen molar-refractivity contribution in [3.05, 3.63) is 0 Å². The van der Waals surface area contributed by atoms with Gasteiger partial charge in [-0.05, 0) is 12.8 Å². The molecule has 0 saturated carbocycles. The lowest BCUT2D eigenvalue weighted by atomic mass is 10.1. The number of carbonyl (C=O) groups is 1. The first-order chi connectivity index (χ1) is 6.33. The molecule has 1 saturated heterocycles. The number of amides is 1. The zero-order valence-electron chi connectivity index (χ0n) is 7.81. The second kappa shape index (κ2) is 5.60. The molecular weight excluding hydrogens is 164 g/mol. The highest BCUT2D eigenvalue weighted by Gasteiger charge is 2.17. The van der Waals surface area contributed by atoms with E-state index in [4.69, 9.17) is 6.42 Å². The minimum atomic E-state index is 0.156. The van der Waals surface area contributed by atoms with Crippen LogP contribution in [0.15, 0.2) is 0 Å². The Hall–Kier alpha value is -1.01. The third-order valence-electron chi connectivity index (χ3n) is 2.12. The van der Waals surface area contributed by atoms with Gasteiger partial charge in [-0.15, -0.1) is 12.3 Å². The summed E-state index contributed by atoms with van der Waals surface area (Å²) in [5, 5.41) is 6.04. The van der Waals surface area contributed by atoms with E-state index in [2.05, 4.69) is 16.6 Å². The fraction of sp³-hybridized carbons (Fsp3) is 0.700.